The van der Waals surface area contributed by atoms with Gasteiger partial charge in [-0.25, -0.2) is 9.97 Å². The summed E-state index contributed by atoms with van der Waals surface area (Å²) in [5.74, 6) is 2.85. The van der Waals surface area contributed by atoms with Crippen LogP contribution in [0.5, 0.6) is 0 Å². The first-order chi connectivity index (χ1) is 10.2. The molecule has 6 heteroatoms. The van der Waals surface area contributed by atoms with E-state index in [1.54, 1.807) is 10.9 Å². The molecule has 21 heavy (non-hydrogen) atoms. The molecule has 0 radical (unpaired) electrons. The van der Waals surface area contributed by atoms with Gasteiger partial charge < -0.3 is 9.73 Å². The molecule has 3 heterocycles. The Labute approximate surface area is 122 Å². The number of aryl methyl sites for hydroxylation is 2. The fourth-order valence-electron chi connectivity index (χ4n) is 2.09. The number of nitrogens with one attached hydrogen (secondary N) is 1. The second-order valence-electron chi connectivity index (χ2n) is 4.81. The molecule has 0 saturated carbocycles. The Balaban J connectivity index is 2.09. The SMILES string of the molecule is CCNc1cc(-c2cnn(C)c2)nc(-c2ccc(C)o2)n1. The van der Waals surface area contributed by atoms with Crippen molar-refractivity contribution in [3.63, 3.8) is 0 Å². The first kappa shape index (κ1) is 13.4. The lowest BCUT2D eigenvalue weighted by atomic mass is 10.2. The minimum absolute atomic E-state index is 0.570. The summed E-state index contributed by atoms with van der Waals surface area (Å²) in [5, 5.41) is 7.41. The maximum atomic E-state index is 5.63. The summed E-state index contributed by atoms with van der Waals surface area (Å²) in [5.41, 5.74) is 1.77. The molecule has 0 fully saturated rings. The number of furan rings is 1. The summed E-state index contributed by atoms with van der Waals surface area (Å²) in [6.45, 7) is 4.72. The van der Waals surface area contributed by atoms with Crippen molar-refractivity contribution in [1.82, 2.24) is 19.7 Å². The van der Waals surface area contributed by atoms with Crippen LogP contribution in [0.25, 0.3) is 22.8 Å². The number of anilines is 1. The van der Waals surface area contributed by atoms with Gasteiger partial charge in [-0.2, -0.15) is 5.10 Å². The normalized spacial score (nSPS) is 10.8. The molecule has 0 spiro atoms. The van der Waals surface area contributed by atoms with Crippen molar-refractivity contribution in [2.75, 3.05) is 11.9 Å². The van der Waals surface area contributed by atoms with E-state index in [9.17, 15) is 0 Å². The molecule has 1 N–H and O–H groups in total. The predicted octanol–water partition coefficient (Wildman–Crippen LogP) is 2.88. The molecule has 0 aliphatic rings. The zero-order valence-electron chi connectivity index (χ0n) is 12.3. The van der Waals surface area contributed by atoms with Gasteiger partial charge in [0.1, 0.15) is 11.6 Å². The van der Waals surface area contributed by atoms with Crippen LogP contribution >= 0.6 is 0 Å². The molecule has 108 valence electrons. The summed E-state index contributed by atoms with van der Waals surface area (Å²) in [6, 6.07) is 5.70. The number of nitrogens with zero attached hydrogens (tertiary/aromatic N) is 4. The van der Waals surface area contributed by atoms with Crippen LogP contribution in [0, 0.1) is 6.92 Å². The van der Waals surface area contributed by atoms with Crippen LogP contribution in [0.2, 0.25) is 0 Å². The Morgan fingerprint density at radius 3 is 2.76 bits per heavy atom. The lowest BCUT2D eigenvalue weighted by Crippen LogP contribution is -2.02. The fraction of sp³-hybridized carbons (Fsp3) is 0.267. The highest BCUT2D eigenvalue weighted by molar-refractivity contribution is 5.65. The van der Waals surface area contributed by atoms with E-state index in [0.29, 0.717) is 11.6 Å². The monoisotopic (exact) mass is 283 g/mol. The second-order valence-corrected chi connectivity index (χ2v) is 4.81. The van der Waals surface area contributed by atoms with E-state index in [1.165, 1.54) is 0 Å². The molecule has 0 atom stereocenters. The van der Waals surface area contributed by atoms with Crippen LogP contribution in [-0.4, -0.2) is 26.3 Å². The average Bonchev–Trinajstić information content (AvgIpc) is 3.08. The van der Waals surface area contributed by atoms with Crippen molar-refractivity contribution in [3.05, 3.63) is 36.4 Å². The summed E-state index contributed by atoms with van der Waals surface area (Å²) in [4.78, 5) is 9.08. The van der Waals surface area contributed by atoms with Gasteiger partial charge in [0.15, 0.2) is 11.6 Å². The first-order valence-electron chi connectivity index (χ1n) is 6.84. The molecule has 0 amide bonds. The Bertz CT molecular complexity index is 701. The van der Waals surface area contributed by atoms with Crippen molar-refractivity contribution in [1.29, 1.82) is 0 Å². The molecular weight excluding hydrogens is 266 g/mol. The van der Waals surface area contributed by atoms with Crippen LogP contribution in [-0.2, 0) is 7.05 Å². The van der Waals surface area contributed by atoms with Crippen molar-refractivity contribution < 1.29 is 4.42 Å². The zero-order valence-corrected chi connectivity index (χ0v) is 12.3. The first-order valence-corrected chi connectivity index (χ1v) is 6.84. The smallest absolute Gasteiger partial charge is 0.198 e. The van der Waals surface area contributed by atoms with Gasteiger partial charge in [-0.3, -0.25) is 4.68 Å². The maximum absolute atomic E-state index is 5.63. The van der Waals surface area contributed by atoms with Crippen LogP contribution in [0.3, 0.4) is 0 Å². The maximum Gasteiger partial charge on any atom is 0.198 e. The molecule has 6 nitrogen and oxygen atoms in total. The largest absolute Gasteiger partial charge is 0.458 e. The highest BCUT2D eigenvalue weighted by Crippen LogP contribution is 2.25. The summed E-state index contributed by atoms with van der Waals surface area (Å²) in [7, 11) is 1.88. The van der Waals surface area contributed by atoms with Crippen molar-refractivity contribution in [2.45, 2.75) is 13.8 Å². The number of rotatable bonds is 4. The van der Waals surface area contributed by atoms with Crippen molar-refractivity contribution >= 4 is 5.82 Å². The molecule has 0 aliphatic carbocycles. The van der Waals surface area contributed by atoms with Gasteiger partial charge in [0, 0.05) is 31.4 Å². The summed E-state index contributed by atoms with van der Waals surface area (Å²) < 4.78 is 7.38. The molecule has 0 aliphatic heterocycles. The number of hydrogen-bond acceptors (Lipinski definition) is 5. The van der Waals surface area contributed by atoms with Gasteiger partial charge in [0.2, 0.25) is 0 Å². The van der Waals surface area contributed by atoms with E-state index in [0.717, 1.165) is 29.4 Å². The Morgan fingerprint density at radius 2 is 2.14 bits per heavy atom. The summed E-state index contributed by atoms with van der Waals surface area (Å²) >= 11 is 0. The second kappa shape index (κ2) is 5.40. The van der Waals surface area contributed by atoms with Gasteiger partial charge in [0.05, 0.1) is 11.9 Å². The molecule has 3 aromatic heterocycles. The van der Waals surface area contributed by atoms with Gasteiger partial charge >= 0.3 is 0 Å². The van der Waals surface area contributed by atoms with Gasteiger partial charge in [-0.05, 0) is 26.0 Å². The molecule has 0 aromatic carbocycles. The van der Waals surface area contributed by atoms with Crippen LogP contribution in [0.1, 0.15) is 12.7 Å². The molecule has 0 saturated heterocycles. The minimum atomic E-state index is 0.570. The van der Waals surface area contributed by atoms with Crippen LogP contribution < -0.4 is 5.32 Å². The van der Waals surface area contributed by atoms with Gasteiger partial charge in [-0.15, -0.1) is 0 Å². The third-order valence-corrected chi connectivity index (χ3v) is 3.05. The van der Waals surface area contributed by atoms with E-state index < -0.39 is 0 Å². The van der Waals surface area contributed by atoms with E-state index >= 15 is 0 Å². The number of aromatic nitrogens is 4. The summed E-state index contributed by atoms with van der Waals surface area (Å²) in [6.07, 6.45) is 3.71. The highest BCUT2D eigenvalue weighted by Gasteiger charge is 2.12. The van der Waals surface area contributed by atoms with Crippen molar-refractivity contribution in [3.8, 4) is 22.8 Å². The van der Waals surface area contributed by atoms with E-state index in [-0.39, 0.29) is 0 Å². The molecule has 0 bridgehead atoms. The fourth-order valence-corrected chi connectivity index (χ4v) is 2.09. The van der Waals surface area contributed by atoms with Crippen LogP contribution in [0.4, 0.5) is 5.82 Å². The quantitative estimate of drug-likeness (QED) is 0.797. The van der Waals surface area contributed by atoms with Crippen molar-refractivity contribution in [2.24, 2.45) is 7.05 Å². The molecule has 0 unspecified atom stereocenters. The van der Waals surface area contributed by atoms with Gasteiger partial charge in [-0.1, -0.05) is 0 Å². The van der Waals surface area contributed by atoms with Gasteiger partial charge in [0.25, 0.3) is 0 Å². The molecule has 3 aromatic rings. The lowest BCUT2D eigenvalue weighted by molar-refractivity contribution is 0.544. The molecule has 3 rings (SSSR count). The zero-order chi connectivity index (χ0) is 14.8. The average molecular weight is 283 g/mol. The van der Waals surface area contributed by atoms with Crippen LogP contribution in [0.15, 0.2) is 35.0 Å². The molecular formula is C15H17N5O. The third kappa shape index (κ3) is 2.79. The van der Waals surface area contributed by atoms with E-state index in [4.69, 9.17) is 4.42 Å². The van der Waals surface area contributed by atoms with E-state index in [2.05, 4.69) is 20.4 Å². The highest BCUT2D eigenvalue weighted by atomic mass is 16.3. The number of hydrogen-bond donors (Lipinski definition) is 1. The topological polar surface area (TPSA) is 68.8 Å². The lowest BCUT2D eigenvalue weighted by Gasteiger charge is -2.06. The third-order valence-electron chi connectivity index (χ3n) is 3.05. The Morgan fingerprint density at radius 1 is 1.29 bits per heavy atom. The Kier molecular flexibility index (Phi) is 3.43. The predicted molar refractivity (Wildman–Crippen MR) is 80.8 cm³/mol. The minimum Gasteiger partial charge on any atom is -0.458 e. The van der Waals surface area contributed by atoms with E-state index in [1.807, 2.05) is 45.3 Å². The standard InChI is InChI=1S/C15H17N5O/c1-4-16-14-7-12(11-8-17-20(3)9-11)18-15(19-14)13-6-5-10(2)21-13/h5-9H,4H2,1-3H3,(H,16,18,19). The Hall–Kier alpha value is -2.63.